The van der Waals surface area contributed by atoms with E-state index in [9.17, 15) is 5.11 Å². The summed E-state index contributed by atoms with van der Waals surface area (Å²) < 4.78 is 0. The Morgan fingerprint density at radius 2 is 2.54 bits per heavy atom. The predicted molar refractivity (Wildman–Crippen MR) is 50.4 cm³/mol. The summed E-state index contributed by atoms with van der Waals surface area (Å²) in [5.41, 5.74) is 0.688. The number of hydrogen-bond acceptors (Lipinski definition) is 2. The number of rotatable bonds is 1. The first-order valence-electron chi connectivity index (χ1n) is 4.89. The van der Waals surface area contributed by atoms with Gasteiger partial charge in [-0.05, 0) is 38.7 Å². The van der Waals surface area contributed by atoms with Crippen LogP contribution in [-0.4, -0.2) is 20.9 Å². The zero-order chi connectivity index (χ0) is 9.31. The van der Waals surface area contributed by atoms with E-state index in [0.29, 0.717) is 5.92 Å². The van der Waals surface area contributed by atoms with Crippen LogP contribution in [0, 0.1) is 0 Å². The number of aliphatic hydroxyl groups is 1. The van der Waals surface area contributed by atoms with Gasteiger partial charge < -0.3 is 5.11 Å². The van der Waals surface area contributed by atoms with Gasteiger partial charge in [0, 0.05) is 17.8 Å². The number of H-pyrrole nitrogens is 1. The van der Waals surface area contributed by atoms with Crippen LogP contribution >= 0.6 is 0 Å². The van der Waals surface area contributed by atoms with Crippen LogP contribution < -0.4 is 0 Å². The van der Waals surface area contributed by atoms with E-state index in [2.05, 4.69) is 10.2 Å². The fraction of sp³-hybridized carbons (Fsp3) is 0.700. The SMILES string of the molecule is CC1(O)CCCC(c2ccn[nH]2)C1. The van der Waals surface area contributed by atoms with Crippen molar-refractivity contribution in [1.82, 2.24) is 10.2 Å². The number of nitrogens with one attached hydrogen (secondary N) is 1. The smallest absolute Gasteiger partial charge is 0.0626 e. The lowest BCUT2D eigenvalue weighted by Gasteiger charge is -2.33. The summed E-state index contributed by atoms with van der Waals surface area (Å²) in [4.78, 5) is 0. The molecule has 2 atom stereocenters. The Morgan fingerprint density at radius 1 is 1.69 bits per heavy atom. The molecule has 1 saturated carbocycles. The highest BCUT2D eigenvalue weighted by atomic mass is 16.3. The molecule has 72 valence electrons. The summed E-state index contributed by atoms with van der Waals surface area (Å²) in [6, 6.07) is 2.01. The Hall–Kier alpha value is -0.830. The number of aromatic amines is 1. The fourth-order valence-electron chi connectivity index (χ4n) is 2.22. The van der Waals surface area contributed by atoms with Crippen LogP contribution in [0.3, 0.4) is 0 Å². The van der Waals surface area contributed by atoms with Crippen molar-refractivity contribution in [3.63, 3.8) is 0 Å². The summed E-state index contributed by atoms with van der Waals surface area (Å²) in [5.74, 6) is 0.464. The molecule has 3 nitrogen and oxygen atoms in total. The largest absolute Gasteiger partial charge is 0.390 e. The van der Waals surface area contributed by atoms with Crippen molar-refractivity contribution in [2.75, 3.05) is 0 Å². The Labute approximate surface area is 78.2 Å². The van der Waals surface area contributed by atoms with Crippen LogP contribution in [0.4, 0.5) is 0 Å². The molecule has 0 radical (unpaired) electrons. The zero-order valence-corrected chi connectivity index (χ0v) is 7.95. The lowest BCUT2D eigenvalue weighted by Crippen LogP contribution is -2.30. The third-order valence-corrected chi connectivity index (χ3v) is 2.92. The highest BCUT2D eigenvalue weighted by molar-refractivity contribution is 5.08. The molecule has 1 aromatic heterocycles. The van der Waals surface area contributed by atoms with Gasteiger partial charge in [0.15, 0.2) is 0 Å². The Bertz CT molecular complexity index is 266. The van der Waals surface area contributed by atoms with E-state index in [1.807, 2.05) is 13.0 Å². The maximum Gasteiger partial charge on any atom is 0.0626 e. The van der Waals surface area contributed by atoms with Crippen LogP contribution in [0.15, 0.2) is 12.3 Å². The molecule has 1 aliphatic carbocycles. The summed E-state index contributed by atoms with van der Waals surface area (Å²) in [6.07, 6.45) is 5.83. The first-order valence-corrected chi connectivity index (χ1v) is 4.89. The van der Waals surface area contributed by atoms with E-state index < -0.39 is 5.60 Å². The minimum absolute atomic E-state index is 0.464. The second kappa shape index (κ2) is 3.14. The first-order chi connectivity index (χ1) is 6.17. The van der Waals surface area contributed by atoms with E-state index in [4.69, 9.17) is 0 Å². The highest BCUT2D eigenvalue weighted by Crippen LogP contribution is 2.37. The third-order valence-electron chi connectivity index (χ3n) is 2.92. The first kappa shape index (κ1) is 8.75. The molecule has 1 aliphatic rings. The van der Waals surface area contributed by atoms with E-state index in [0.717, 1.165) is 19.3 Å². The average molecular weight is 180 g/mol. The highest BCUT2D eigenvalue weighted by Gasteiger charge is 2.30. The molecule has 2 N–H and O–H groups in total. The van der Waals surface area contributed by atoms with Crippen LogP contribution in [0.5, 0.6) is 0 Å². The van der Waals surface area contributed by atoms with E-state index in [1.165, 1.54) is 12.1 Å². The molecule has 3 heteroatoms. The van der Waals surface area contributed by atoms with Crippen molar-refractivity contribution in [3.8, 4) is 0 Å². The third kappa shape index (κ3) is 1.91. The molecule has 0 aromatic carbocycles. The molecule has 2 rings (SSSR count). The van der Waals surface area contributed by atoms with Gasteiger partial charge in [-0.2, -0.15) is 5.10 Å². The van der Waals surface area contributed by atoms with Gasteiger partial charge in [0.1, 0.15) is 0 Å². The van der Waals surface area contributed by atoms with Crippen LogP contribution in [0.1, 0.15) is 44.2 Å². The van der Waals surface area contributed by atoms with Crippen molar-refractivity contribution >= 4 is 0 Å². The molecule has 0 bridgehead atoms. The standard InChI is InChI=1S/C10H16N2O/c1-10(13)5-2-3-8(7-10)9-4-6-11-12-9/h4,6,8,13H,2-3,5,7H2,1H3,(H,11,12). The molecule has 2 unspecified atom stereocenters. The quantitative estimate of drug-likeness (QED) is 0.692. The topological polar surface area (TPSA) is 48.9 Å². The van der Waals surface area contributed by atoms with Gasteiger partial charge in [0.25, 0.3) is 0 Å². The Morgan fingerprint density at radius 3 is 3.15 bits per heavy atom. The molecule has 0 aliphatic heterocycles. The van der Waals surface area contributed by atoms with Crippen LogP contribution in [0.25, 0.3) is 0 Å². The second-order valence-electron chi connectivity index (χ2n) is 4.30. The van der Waals surface area contributed by atoms with Gasteiger partial charge in [-0.3, -0.25) is 5.10 Å². The number of hydrogen-bond donors (Lipinski definition) is 2. The molecule has 13 heavy (non-hydrogen) atoms. The lowest BCUT2D eigenvalue weighted by atomic mass is 9.78. The Balaban J connectivity index is 2.09. The zero-order valence-electron chi connectivity index (χ0n) is 7.95. The minimum Gasteiger partial charge on any atom is -0.390 e. The van der Waals surface area contributed by atoms with Crippen molar-refractivity contribution in [2.24, 2.45) is 0 Å². The molecule has 0 saturated heterocycles. The molecule has 1 heterocycles. The summed E-state index contributed by atoms with van der Waals surface area (Å²) in [5, 5.41) is 16.8. The van der Waals surface area contributed by atoms with Crippen molar-refractivity contribution in [1.29, 1.82) is 0 Å². The van der Waals surface area contributed by atoms with E-state index in [1.54, 1.807) is 6.20 Å². The minimum atomic E-state index is -0.478. The van der Waals surface area contributed by atoms with E-state index >= 15 is 0 Å². The summed E-state index contributed by atoms with van der Waals surface area (Å²) >= 11 is 0. The van der Waals surface area contributed by atoms with Crippen molar-refractivity contribution in [3.05, 3.63) is 18.0 Å². The molecule has 1 fully saturated rings. The van der Waals surface area contributed by atoms with Crippen LogP contribution in [0.2, 0.25) is 0 Å². The summed E-state index contributed by atoms with van der Waals surface area (Å²) in [6.45, 7) is 1.93. The maximum atomic E-state index is 9.91. The second-order valence-corrected chi connectivity index (χ2v) is 4.30. The summed E-state index contributed by atoms with van der Waals surface area (Å²) in [7, 11) is 0. The van der Waals surface area contributed by atoms with Gasteiger partial charge in [0.2, 0.25) is 0 Å². The lowest BCUT2D eigenvalue weighted by molar-refractivity contribution is 0.0139. The monoisotopic (exact) mass is 180 g/mol. The van der Waals surface area contributed by atoms with Gasteiger partial charge in [0.05, 0.1) is 5.60 Å². The van der Waals surface area contributed by atoms with E-state index in [-0.39, 0.29) is 0 Å². The van der Waals surface area contributed by atoms with Crippen molar-refractivity contribution in [2.45, 2.75) is 44.1 Å². The molecular weight excluding hydrogens is 164 g/mol. The number of nitrogens with zero attached hydrogens (tertiary/aromatic N) is 1. The predicted octanol–water partition coefficient (Wildman–Crippen LogP) is 1.82. The molecular formula is C10H16N2O. The normalized spacial score (nSPS) is 34.8. The molecule has 1 aromatic rings. The van der Waals surface area contributed by atoms with Gasteiger partial charge >= 0.3 is 0 Å². The molecule has 0 amide bonds. The Kier molecular flexibility index (Phi) is 2.12. The molecule has 0 spiro atoms. The maximum absolute atomic E-state index is 9.91. The van der Waals surface area contributed by atoms with Gasteiger partial charge in [-0.25, -0.2) is 0 Å². The fourth-order valence-corrected chi connectivity index (χ4v) is 2.22. The number of aromatic nitrogens is 2. The van der Waals surface area contributed by atoms with Gasteiger partial charge in [-0.15, -0.1) is 0 Å². The van der Waals surface area contributed by atoms with Gasteiger partial charge in [-0.1, -0.05) is 0 Å². The van der Waals surface area contributed by atoms with Crippen molar-refractivity contribution < 1.29 is 5.11 Å². The average Bonchev–Trinajstić information content (AvgIpc) is 2.53. The van der Waals surface area contributed by atoms with Crippen LogP contribution in [-0.2, 0) is 0 Å².